The zero-order valence-electron chi connectivity index (χ0n) is 14.4. The summed E-state index contributed by atoms with van der Waals surface area (Å²) in [5, 5.41) is 4.24. The van der Waals surface area contributed by atoms with Crippen molar-refractivity contribution in [1.29, 1.82) is 0 Å². The molecule has 3 rings (SSSR count). The minimum Gasteiger partial charge on any atom is -0.362 e. The Morgan fingerprint density at radius 1 is 1.26 bits per heavy atom. The van der Waals surface area contributed by atoms with Crippen molar-refractivity contribution in [3.8, 4) is 0 Å². The van der Waals surface area contributed by atoms with E-state index < -0.39 is 0 Å². The van der Waals surface area contributed by atoms with Gasteiger partial charge in [-0.15, -0.1) is 0 Å². The third kappa shape index (κ3) is 3.67. The van der Waals surface area contributed by atoms with E-state index in [1.54, 1.807) is 0 Å². The fourth-order valence-electron chi connectivity index (χ4n) is 4.13. The highest BCUT2D eigenvalue weighted by atomic mass is 16.7. The van der Waals surface area contributed by atoms with Gasteiger partial charge in [-0.1, -0.05) is 37.8 Å². The normalized spacial score (nSPS) is 20.0. The highest BCUT2D eigenvalue weighted by Crippen LogP contribution is 2.29. The third-order valence-electron chi connectivity index (χ3n) is 5.37. The molecular formula is C19H28N2O2. The molecule has 1 heterocycles. The fraction of sp³-hybridized carbons (Fsp3) is 0.684. The van der Waals surface area contributed by atoms with E-state index in [1.807, 2.05) is 0 Å². The molecule has 1 aromatic rings. The van der Waals surface area contributed by atoms with Crippen LogP contribution in [-0.4, -0.2) is 16.7 Å². The van der Waals surface area contributed by atoms with Gasteiger partial charge in [0.1, 0.15) is 0 Å². The van der Waals surface area contributed by atoms with E-state index in [0.29, 0.717) is 6.42 Å². The number of oxime groups is 1. The van der Waals surface area contributed by atoms with Crippen molar-refractivity contribution < 1.29 is 9.63 Å². The lowest BCUT2D eigenvalue weighted by Crippen LogP contribution is -2.14. The second-order valence-corrected chi connectivity index (χ2v) is 6.98. The first-order valence-electron chi connectivity index (χ1n) is 9.16. The van der Waals surface area contributed by atoms with Crippen LogP contribution in [0.2, 0.25) is 0 Å². The first kappa shape index (κ1) is 16.3. The Labute approximate surface area is 138 Å². The summed E-state index contributed by atoms with van der Waals surface area (Å²) in [5.74, 6) is 0.539. The molecule has 1 fully saturated rings. The number of aromatic amines is 1. The Bertz CT molecular complexity index is 595. The SMILES string of the molecule is CCc1c(C)[nH]c2c1C(=NOC(=O)CCC1CCCC1)CCC2. The van der Waals surface area contributed by atoms with E-state index in [9.17, 15) is 4.79 Å². The molecule has 1 aromatic heterocycles. The fourth-order valence-corrected chi connectivity index (χ4v) is 4.13. The topological polar surface area (TPSA) is 54.4 Å². The molecule has 0 atom stereocenters. The van der Waals surface area contributed by atoms with Crippen LogP contribution in [0.5, 0.6) is 0 Å². The van der Waals surface area contributed by atoms with Crippen molar-refractivity contribution in [2.24, 2.45) is 11.1 Å². The van der Waals surface area contributed by atoms with Crippen LogP contribution < -0.4 is 0 Å². The van der Waals surface area contributed by atoms with Crippen LogP contribution in [0.3, 0.4) is 0 Å². The highest BCUT2D eigenvalue weighted by Gasteiger charge is 2.23. The molecule has 126 valence electrons. The molecule has 23 heavy (non-hydrogen) atoms. The summed E-state index contributed by atoms with van der Waals surface area (Å²) in [7, 11) is 0. The van der Waals surface area contributed by atoms with Gasteiger partial charge in [0.05, 0.1) is 5.71 Å². The van der Waals surface area contributed by atoms with E-state index in [1.165, 1.54) is 48.2 Å². The number of fused-ring (bicyclic) bond motifs is 1. The molecule has 2 aliphatic rings. The number of hydrogen-bond donors (Lipinski definition) is 1. The van der Waals surface area contributed by atoms with Crippen LogP contribution in [0.15, 0.2) is 5.16 Å². The number of aromatic nitrogens is 1. The number of nitrogens with one attached hydrogen (secondary N) is 1. The van der Waals surface area contributed by atoms with Gasteiger partial charge >= 0.3 is 5.97 Å². The average Bonchev–Trinajstić information content (AvgIpc) is 3.17. The molecule has 0 unspecified atom stereocenters. The Kier molecular flexibility index (Phi) is 5.19. The number of H-pyrrole nitrogens is 1. The van der Waals surface area contributed by atoms with Gasteiger partial charge in [-0.25, -0.2) is 4.79 Å². The maximum atomic E-state index is 12.0. The van der Waals surface area contributed by atoms with Gasteiger partial charge in [-0.05, 0) is 50.5 Å². The molecule has 0 aliphatic heterocycles. The maximum Gasteiger partial charge on any atom is 0.335 e. The Morgan fingerprint density at radius 3 is 2.78 bits per heavy atom. The Balaban J connectivity index is 1.63. The van der Waals surface area contributed by atoms with Crippen LogP contribution in [0, 0.1) is 12.8 Å². The summed E-state index contributed by atoms with van der Waals surface area (Å²) in [6.45, 7) is 4.28. The minimum absolute atomic E-state index is 0.179. The third-order valence-corrected chi connectivity index (χ3v) is 5.37. The van der Waals surface area contributed by atoms with E-state index >= 15 is 0 Å². The van der Waals surface area contributed by atoms with Crippen LogP contribution in [-0.2, 0) is 22.5 Å². The minimum atomic E-state index is -0.179. The number of carbonyl (C=O) groups is 1. The molecule has 2 aliphatic carbocycles. The molecule has 4 nitrogen and oxygen atoms in total. The first-order valence-corrected chi connectivity index (χ1v) is 9.16. The summed E-state index contributed by atoms with van der Waals surface area (Å²) in [5.41, 5.74) is 5.95. The van der Waals surface area contributed by atoms with Crippen molar-refractivity contribution in [3.05, 3.63) is 22.5 Å². The summed E-state index contributed by atoms with van der Waals surface area (Å²) in [6.07, 6.45) is 10.6. The molecular weight excluding hydrogens is 288 g/mol. The van der Waals surface area contributed by atoms with Crippen molar-refractivity contribution in [2.45, 2.75) is 78.1 Å². The molecule has 0 aromatic carbocycles. The van der Waals surface area contributed by atoms with Crippen molar-refractivity contribution >= 4 is 11.7 Å². The molecule has 4 heteroatoms. The lowest BCUT2D eigenvalue weighted by Gasteiger charge is -2.15. The summed E-state index contributed by atoms with van der Waals surface area (Å²) in [6, 6.07) is 0. The van der Waals surface area contributed by atoms with Gasteiger partial charge in [0.15, 0.2) is 0 Å². The molecule has 0 spiro atoms. The number of nitrogens with zero attached hydrogens (tertiary/aromatic N) is 1. The van der Waals surface area contributed by atoms with Gasteiger partial charge in [-0.3, -0.25) is 0 Å². The molecule has 0 amide bonds. The molecule has 1 N–H and O–H groups in total. The van der Waals surface area contributed by atoms with Crippen LogP contribution in [0.4, 0.5) is 0 Å². The quantitative estimate of drug-likeness (QED) is 0.645. The van der Waals surface area contributed by atoms with Crippen LogP contribution in [0.1, 0.15) is 80.8 Å². The number of hydrogen-bond acceptors (Lipinski definition) is 3. The summed E-state index contributed by atoms with van der Waals surface area (Å²) < 4.78 is 0. The number of aryl methyl sites for hydroxylation is 2. The second kappa shape index (κ2) is 7.33. The van der Waals surface area contributed by atoms with Crippen molar-refractivity contribution in [2.75, 3.05) is 0 Å². The second-order valence-electron chi connectivity index (χ2n) is 6.98. The lowest BCUT2D eigenvalue weighted by molar-refractivity contribution is -0.144. The van der Waals surface area contributed by atoms with Gasteiger partial charge in [0.2, 0.25) is 0 Å². The predicted molar refractivity (Wildman–Crippen MR) is 91.7 cm³/mol. The molecule has 0 bridgehead atoms. The Hall–Kier alpha value is -1.58. The van der Waals surface area contributed by atoms with Gasteiger partial charge in [-0.2, -0.15) is 0 Å². The zero-order valence-corrected chi connectivity index (χ0v) is 14.4. The predicted octanol–water partition coefficient (Wildman–Crippen LogP) is 4.44. The maximum absolute atomic E-state index is 12.0. The number of rotatable bonds is 5. The largest absolute Gasteiger partial charge is 0.362 e. The summed E-state index contributed by atoms with van der Waals surface area (Å²) >= 11 is 0. The van der Waals surface area contributed by atoms with Crippen molar-refractivity contribution in [3.63, 3.8) is 0 Å². The van der Waals surface area contributed by atoms with Crippen LogP contribution >= 0.6 is 0 Å². The van der Waals surface area contributed by atoms with E-state index in [0.717, 1.165) is 43.7 Å². The van der Waals surface area contributed by atoms with E-state index in [4.69, 9.17) is 4.84 Å². The highest BCUT2D eigenvalue weighted by molar-refractivity contribution is 6.04. The van der Waals surface area contributed by atoms with Gasteiger partial charge in [0.25, 0.3) is 0 Å². The Morgan fingerprint density at radius 2 is 2.04 bits per heavy atom. The number of carbonyl (C=O) groups excluding carboxylic acids is 1. The zero-order chi connectivity index (χ0) is 16.2. The van der Waals surface area contributed by atoms with E-state index in [-0.39, 0.29) is 5.97 Å². The molecule has 0 radical (unpaired) electrons. The average molecular weight is 316 g/mol. The van der Waals surface area contributed by atoms with E-state index in [2.05, 4.69) is 24.0 Å². The van der Waals surface area contributed by atoms with Gasteiger partial charge < -0.3 is 9.82 Å². The lowest BCUT2D eigenvalue weighted by atomic mass is 9.92. The monoisotopic (exact) mass is 316 g/mol. The molecule has 1 saturated carbocycles. The smallest absolute Gasteiger partial charge is 0.335 e. The van der Waals surface area contributed by atoms with Crippen molar-refractivity contribution in [1.82, 2.24) is 4.98 Å². The standard InChI is InChI=1S/C19H28N2O2/c1-3-15-13(2)20-16-9-6-10-17(19(15)16)21-23-18(22)12-11-14-7-4-5-8-14/h14,20H,3-12H2,1-2H3. The van der Waals surface area contributed by atoms with Crippen LogP contribution in [0.25, 0.3) is 0 Å². The summed E-state index contributed by atoms with van der Waals surface area (Å²) in [4.78, 5) is 20.7. The molecule has 0 saturated heterocycles. The first-order chi connectivity index (χ1) is 11.2. The van der Waals surface area contributed by atoms with Gasteiger partial charge in [0, 0.05) is 23.4 Å².